The minimum absolute atomic E-state index is 0.00526. The SMILES string of the molecule is CCNC(=NCc1ccc(Br)cc1C(F)(F)F)NCC(=O)N(C)C. The molecule has 0 aliphatic rings. The molecule has 0 unspecified atom stereocenters. The van der Waals surface area contributed by atoms with Crippen LogP contribution in [-0.4, -0.2) is 44.0 Å². The highest BCUT2D eigenvalue weighted by atomic mass is 79.9. The zero-order valence-electron chi connectivity index (χ0n) is 13.7. The van der Waals surface area contributed by atoms with Crippen molar-refractivity contribution in [1.82, 2.24) is 15.5 Å². The molecule has 9 heteroatoms. The van der Waals surface area contributed by atoms with Crippen LogP contribution in [0.4, 0.5) is 13.2 Å². The number of halogens is 4. The number of aliphatic imine (C=N–C) groups is 1. The second-order valence-corrected chi connectivity index (χ2v) is 6.05. The first-order valence-electron chi connectivity index (χ1n) is 7.23. The molecule has 0 fully saturated rings. The van der Waals surface area contributed by atoms with Crippen LogP contribution in [0.2, 0.25) is 0 Å². The number of rotatable bonds is 5. The van der Waals surface area contributed by atoms with Crippen molar-refractivity contribution in [2.45, 2.75) is 19.6 Å². The van der Waals surface area contributed by atoms with Crippen molar-refractivity contribution >= 4 is 27.8 Å². The van der Waals surface area contributed by atoms with Gasteiger partial charge in [0.2, 0.25) is 5.91 Å². The minimum Gasteiger partial charge on any atom is -0.357 e. The van der Waals surface area contributed by atoms with Crippen molar-refractivity contribution in [2.24, 2.45) is 4.99 Å². The molecule has 1 rings (SSSR count). The Morgan fingerprint density at radius 3 is 2.50 bits per heavy atom. The van der Waals surface area contributed by atoms with Gasteiger partial charge in [-0.2, -0.15) is 13.2 Å². The molecule has 1 aromatic carbocycles. The van der Waals surface area contributed by atoms with Gasteiger partial charge in [0.25, 0.3) is 0 Å². The largest absolute Gasteiger partial charge is 0.416 e. The molecular formula is C15H20BrF3N4O. The molecule has 0 bridgehead atoms. The maximum Gasteiger partial charge on any atom is 0.416 e. The van der Waals surface area contributed by atoms with Crippen molar-refractivity contribution in [2.75, 3.05) is 27.2 Å². The Morgan fingerprint density at radius 1 is 1.29 bits per heavy atom. The Morgan fingerprint density at radius 2 is 1.96 bits per heavy atom. The number of hydrogen-bond donors (Lipinski definition) is 2. The van der Waals surface area contributed by atoms with Gasteiger partial charge in [0.05, 0.1) is 18.7 Å². The first kappa shape index (κ1) is 20.3. The van der Waals surface area contributed by atoms with Crippen molar-refractivity contribution in [3.63, 3.8) is 0 Å². The summed E-state index contributed by atoms with van der Waals surface area (Å²) in [5.41, 5.74) is -0.678. The summed E-state index contributed by atoms with van der Waals surface area (Å²) >= 11 is 3.05. The molecule has 0 aromatic heterocycles. The van der Waals surface area contributed by atoms with Gasteiger partial charge < -0.3 is 15.5 Å². The lowest BCUT2D eigenvalue weighted by atomic mass is 10.1. The van der Waals surface area contributed by atoms with Crippen molar-refractivity contribution < 1.29 is 18.0 Å². The van der Waals surface area contributed by atoms with E-state index >= 15 is 0 Å². The van der Waals surface area contributed by atoms with Crippen LogP contribution in [0.15, 0.2) is 27.7 Å². The highest BCUT2D eigenvalue weighted by Gasteiger charge is 2.33. The monoisotopic (exact) mass is 408 g/mol. The number of carbonyl (C=O) groups excluding carboxylic acids is 1. The lowest BCUT2D eigenvalue weighted by Gasteiger charge is -2.15. The lowest BCUT2D eigenvalue weighted by molar-refractivity contribution is -0.138. The Balaban J connectivity index is 2.92. The van der Waals surface area contributed by atoms with E-state index in [0.29, 0.717) is 11.0 Å². The molecule has 0 saturated carbocycles. The van der Waals surface area contributed by atoms with Gasteiger partial charge in [-0.1, -0.05) is 22.0 Å². The average Bonchev–Trinajstić information content (AvgIpc) is 2.49. The standard InChI is InChI=1S/C15H20BrF3N4O/c1-4-20-14(22-9-13(24)23(2)3)21-8-10-5-6-11(16)7-12(10)15(17,18)19/h5-7H,4,8-9H2,1-3H3,(H2,20,21,22). The number of hydrogen-bond acceptors (Lipinski definition) is 2. The molecule has 0 radical (unpaired) electrons. The summed E-state index contributed by atoms with van der Waals surface area (Å²) in [6.45, 7) is 2.19. The van der Waals surface area contributed by atoms with Crippen molar-refractivity contribution in [3.8, 4) is 0 Å². The summed E-state index contributed by atoms with van der Waals surface area (Å²) in [6, 6.07) is 3.95. The van der Waals surface area contributed by atoms with Gasteiger partial charge in [-0.25, -0.2) is 4.99 Å². The van der Waals surface area contributed by atoms with E-state index in [4.69, 9.17) is 0 Å². The average molecular weight is 409 g/mol. The van der Waals surface area contributed by atoms with Gasteiger partial charge in [-0.15, -0.1) is 0 Å². The van der Waals surface area contributed by atoms with E-state index in [1.165, 1.54) is 17.0 Å². The Bertz CT molecular complexity index is 603. The highest BCUT2D eigenvalue weighted by molar-refractivity contribution is 9.10. The lowest BCUT2D eigenvalue weighted by Crippen LogP contribution is -2.42. The Hall–Kier alpha value is -1.77. The molecule has 5 nitrogen and oxygen atoms in total. The van der Waals surface area contributed by atoms with E-state index in [9.17, 15) is 18.0 Å². The van der Waals surface area contributed by atoms with Gasteiger partial charge >= 0.3 is 6.18 Å². The third-order valence-corrected chi connectivity index (χ3v) is 3.53. The van der Waals surface area contributed by atoms with Gasteiger partial charge in [-0.3, -0.25) is 4.79 Å². The first-order valence-corrected chi connectivity index (χ1v) is 8.02. The third-order valence-electron chi connectivity index (χ3n) is 3.03. The molecule has 1 aromatic rings. The predicted molar refractivity (Wildman–Crippen MR) is 90.7 cm³/mol. The Kier molecular flexibility index (Phi) is 7.53. The quantitative estimate of drug-likeness (QED) is 0.581. The maximum absolute atomic E-state index is 13.1. The molecular weight excluding hydrogens is 389 g/mol. The molecule has 0 atom stereocenters. The van der Waals surface area contributed by atoms with Gasteiger partial charge in [0.1, 0.15) is 0 Å². The zero-order chi connectivity index (χ0) is 18.3. The maximum atomic E-state index is 13.1. The van der Waals surface area contributed by atoms with E-state index < -0.39 is 11.7 Å². The fourth-order valence-electron chi connectivity index (χ4n) is 1.77. The van der Waals surface area contributed by atoms with E-state index in [0.717, 1.165) is 6.07 Å². The molecule has 0 saturated heterocycles. The topological polar surface area (TPSA) is 56.7 Å². The van der Waals surface area contributed by atoms with E-state index in [1.54, 1.807) is 14.1 Å². The van der Waals surface area contributed by atoms with E-state index in [-0.39, 0.29) is 30.5 Å². The summed E-state index contributed by atoms with van der Waals surface area (Å²) in [5, 5.41) is 5.69. The van der Waals surface area contributed by atoms with Gasteiger partial charge in [0.15, 0.2) is 5.96 Å². The number of guanidine groups is 1. The highest BCUT2D eigenvalue weighted by Crippen LogP contribution is 2.34. The van der Waals surface area contributed by atoms with Crippen LogP contribution >= 0.6 is 15.9 Å². The van der Waals surface area contributed by atoms with Gasteiger partial charge in [0, 0.05) is 25.1 Å². The van der Waals surface area contributed by atoms with Crippen LogP contribution in [0, 0.1) is 0 Å². The smallest absolute Gasteiger partial charge is 0.357 e. The van der Waals surface area contributed by atoms with Crippen molar-refractivity contribution in [3.05, 3.63) is 33.8 Å². The molecule has 0 aliphatic carbocycles. The molecule has 24 heavy (non-hydrogen) atoms. The number of alkyl halides is 3. The molecule has 0 aliphatic heterocycles. The normalized spacial score (nSPS) is 12.0. The number of likely N-dealkylation sites (N-methyl/N-ethyl adjacent to an activating group) is 1. The van der Waals surface area contributed by atoms with Crippen LogP contribution in [0.5, 0.6) is 0 Å². The van der Waals surface area contributed by atoms with Crippen LogP contribution in [0.3, 0.4) is 0 Å². The summed E-state index contributed by atoms with van der Waals surface area (Å²) < 4.78 is 39.6. The number of amides is 1. The minimum atomic E-state index is -4.46. The molecule has 1 amide bonds. The number of nitrogens with zero attached hydrogens (tertiary/aromatic N) is 2. The van der Waals surface area contributed by atoms with Crippen LogP contribution in [-0.2, 0) is 17.5 Å². The summed E-state index contributed by atoms with van der Waals surface area (Å²) in [4.78, 5) is 17.1. The second kappa shape index (κ2) is 8.91. The number of nitrogens with one attached hydrogen (secondary N) is 2. The Labute approximate surface area is 147 Å². The van der Waals surface area contributed by atoms with Crippen LogP contribution < -0.4 is 10.6 Å². The first-order chi connectivity index (χ1) is 11.1. The fourth-order valence-corrected chi connectivity index (χ4v) is 2.13. The number of benzene rings is 1. The van der Waals surface area contributed by atoms with Gasteiger partial charge in [-0.05, 0) is 24.6 Å². The van der Waals surface area contributed by atoms with Crippen LogP contribution in [0.1, 0.15) is 18.1 Å². The number of carbonyl (C=O) groups is 1. The molecule has 0 spiro atoms. The summed E-state index contributed by atoms with van der Waals surface area (Å²) in [5.74, 6) is 0.115. The summed E-state index contributed by atoms with van der Waals surface area (Å²) in [6.07, 6.45) is -4.46. The van der Waals surface area contributed by atoms with Crippen LogP contribution in [0.25, 0.3) is 0 Å². The summed E-state index contributed by atoms with van der Waals surface area (Å²) in [7, 11) is 3.23. The van der Waals surface area contributed by atoms with E-state index in [2.05, 4.69) is 31.6 Å². The van der Waals surface area contributed by atoms with E-state index in [1.807, 2.05) is 6.92 Å². The zero-order valence-corrected chi connectivity index (χ0v) is 15.3. The fraction of sp³-hybridized carbons (Fsp3) is 0.467. The molecule has 2 N–H and O–H groups in total. The predicted octanol–water partition coefficient (Wildman–Crippen LogP) is 2.61. The molecule has 134 valence electrons. The molecule has 0 heterocycles. The third kappa shape index (κ3) is 6.38. The van der Waals surface area contributed by atoms with Crippen molar-refractivity contribution in [1.29, 1.82) is 0 Å². The second-order valence-electron chi connectivity index (χ2n) is 5.14.